The molecule has 0 spiro atoms. The standard InChI is InChI=1S/C19H20N2O/c1-21-11-10-19(22-17-8-3-2-4-9-17)18(14-21)16-7-5-6-15(12-16)13-20/h2-9,12,18-19H,10-11,14H2,1H3/t18-,19-/m0/s1. The van der Waals surface area contributed by atoms with Crippen molar-refractivity contribution in [1.82, 2.24) is 4.90 Å². The number of piperidine rings is 1. The molecule has 0 aromatic heterocycles. The van der Waals surface area contributed by atoms with Gasteiger partial charge in [0.1, 0.15) is 11.9 Å². The highest BCUT2D eigenvalue weighted by molar-refractivity contribution is 5.35. The maximum Gasteiger partial charge on any atom is 0.119 e. The summed E-state index contributed by atoms with van der Waals surface area (Å²) in [6.45, 7) is 1.98. The second-order valence-corrected chi connectivity index (χ2v) is 5.86. The predicted octanol–water partition coefficient (Wildman–Crippen LogP) is 3.42. The van der Waals surface area contributed by atoms with E-state index in [0.29, 0.717) is 5.56 Å². The molecule has 0 N–H and O–H groups in total. The summed E-state index contributed by atoms with van der Waals surface area (Å²) in [5.41, 5.74) is 1.90. The van der Waals surface area contributed by atoms with E-state index in [2.05, 4.69) is 24.1 Å². The third kappa shape index (κ3) is 3.29. The zero-order valence-electron chi connectivity index (χ0n) is 12.8. The van der Waals surface area contributed by atoms with Crippen molar-refractivity contribution in [3.05, 3.63) is 65.7 Å². The zero-order valence-corrected chi connectivity index (χ0v) is 12.8. The minimum atomic E-state index is 0.146. The van der Waals surface area contributed by atoms with E-state index in [1.165, 1.54) is 5.56 Å². The van der Waals surface area contributed by atoms with E-state index in [9.17, 15) is 0 Å². The van der Waals surface area contributed by atoms with E-state index in [1.807, 2.05) is 48.5 Å². The number of para-hydroxylation sites is 1. The molecule has 0 bridgehead atoms. The van der Waals surface area contributed by atoms with E-state index in [1.54, 1.807) is 0 Å². The van der Waals surface area contributed by atoms with E-state index in [-0.39, 0.29) is 12.0 Å². The first-order chi connectivity index (χ1) is 10.8. The monoisotopic (exact) mass is 292 g/mol. The first-order valence-corrected chi connectivity index (χ1v) is 7.66. The van der Waals surface area contributed by atoms with Crippen LogP contribution in [0.15, 0.2) is 54.6 Å². The quantitative estimate of drug-likeness (QED) is 0.869. The molecule has 3 heteroatoms. The SMILES string of the molecule is CN1CC[C@H](Oc2ccccc2)[C@H](c2cccc(C#N)c2)C1. The van der Waals surface area contributed by atoms with Gasteiger partial charge in [0, 0.05) is 19.0 Å². The average Bonchev–Trinajstić information content (AvgIpc) is 2.57. The Morgan fingerprint density at radius 2 is 1.95 bits per heavy atom. The van der Waals surface area contributed by atoms with Gasteiger partial charge in [-0.2, -0.15) is 5.26 Å². The fourth-order valence-corrected chi connectivity index (χ4v) is 3.07. The van der Waals surface area contributed by atoms with Crippen molar-refractivity contribution >= 4 is 0 Å². The van der Waals surface area contributed by atoms with E-state index < -0.39 is 0 Å². The molecule has 2 aromatic carbocycles. The van der Waals surface area contributed by atoms with Crippen LogP contribution in [-0.2, 0) is 0 Å². The normalized spacial score (nSPS) is 22.0. The van der Waals surface area contributed by atoms with Crippen molar-refractivity contribution in [1.29, 1.82) is 5.26 Å². The van der Waals surface area contributed by atoms with Gasteiger partial charge < -0.3 is 9.64 Å². The van der Waals surface area contributed by atoms with Gasteiger partial charge in [-0.3, -0.25) is 0 Å². The second kappa shape index (κ2) is 6.64. The number of likely N-dealkylation sites (N-methyl/N-ethyl adjacent to an activating group) is 1. The summed E-state index contributed by atoms with van der Waals surface area (Å²) >= 11 is 0. The summed E-state index contributed by atoms with van der Waals surface area (Å²) in [4.78, 5) is 2.33. The van der Waals surface area contributed by atoms with Gasteiger partial charge in [-0.15, -0.1) is 0 Å². The van der Waals surface area contributed by atoms with Crippen LogP contribution < -0.4 is 4.74 Å². The molecule has 0 amide bonds. The maximum atomic E-state index is 9.12. The van der Waals surface area contributed by atoms with Crippen molar-refractivity contribution in [3.8, 4) is 11.8 Å². The smallest absolute Gasteiger partial charge is 0.119 e. The number of hydrogen-bond acceptors (Lipinski definition) is 3. The first-order valence-electron chi connectivity index (χ1n) is 7.66. The van der Waals surface area contributed by atoms with Crippen LogP contribution in [0.1, 0.15) is 23.5 Å². The van der Waals surface area contributed by atoms with Gasteiger partial charge in [0.25, 0.3) is 0 Å². The van der Waals surface area contributed by atoms with Gasteiger partial charge in [0.05, 0.1) is 11.6 Å². The minimum Gasteiger partial charge on any atom is -0.490 e. The molecule has 1 saturated heterocycles. The third-order valence-electron chi connectivity index (χ3n) is 4.23. The molecule has 2 aromatic rings. The fourth-order valence-electron chi connectivity index (χ4n) is 3.07. The second-order valence-electron chi connectivity index (χ2n) is 5.86. The minimum absolute atomic E-state index is 0.146. The van der Waals surface area contributed by atoms with Crippen LogP contribution in [0.3, 0.4) is 0 Å². The Hall–Kier alpha value is -2.31. The Morgan fingerprint density at radius 3 is 2.73 bits per heavy atom. The van der Waals surface area contributed by atoms with Crippen LogP contribution in [0, 0.1) is 11.3 Å². The summed E-state index contributed by atoms with van der Waals surface area (Å²) in [6, 6.07) is 20.1. The lowest BCUT2D eigenvalue weighted by Gasteiger charge is -2.37. The fraction of sp³-hybridized carbons (Fsp3) is 0.316. The molecule has 1 heterocycles. The van der Waals surface area contributed by atoms with Crippen LogP contribution in [0.2, 0.25) is 0 Å². The highest BCUT2D eigenvalue weighted by Crippen LogP contribution is 2.30. The Labute approximate surface area is 131 Å². The highest BCUT2D eigenvalue weighted by atomic mass is 16.5. The third-order valence-corrected chi connectivity index (χ3v) is 4.23. The molecule has 112 valence electrons. The van der Waals surface area contributed by atoms with Crippen LogP contribution >= 0.6 is 0 Å². The molecule has 0 aliphatic carbocycles. The van der Waals surface area contributed by atoms with Crippen LogP contribution in [0.5, 0.6) is 5.75 Å². The number of benzene rings is 2. The Balaban J connectivity index is 1.85. The molecule has 1 aliphatic heterocycles. The number of rotatable bonds is 3. The topological polar surface area (TPSA) is 36.3 Å². The van der Waals surface area contributed by atoms with Crippen molar-refractivity contribution in [3.63, 3.8) is 0 Å². The summed E-state index contributed by atoms with van der Waals surface area (Å²) < 4.78 is 6.23. The molecule has 3 nitrogen and oxygen atoms in total. The molecule has 2 atom stereocenters. The molecule has 0 radical (unpaired) electrons. The Kier molecular flexibility index (Phi) is 4.41. The van der Waals surface area contributed by atoms with Gasteiger partial charge in [0.2, 0.25) is 0 Å². The van der Waals surface area contributed by atoms with Crippen molar-refractivity contribution in [2.75, 3.05) is 20.1 Å². The molecule has 1 fully saturated rings. The van der Waals surface area contributed by atoms with Crippen LogP contribution in [0.4, 0.5) is 0 Å². The van der Waals surface area contributed by atoms with Gasteiger partial charge in [0.15, 0.2) is 0 Å². The number of nitrogens with zero attached hydrogens (tertiary/aromatic N) is 2. The molecule has 1 aliphatic rings. The zero-order chi connectivity index (χ0) is 15.4. The lowest BCUT2D eigenvalue weighted by molar-refractivity contribution is 0.0902. The highest BCUT2D eigenvalue weighted by Gasteiger charge is 2.30. The summed E-state index contributed by atoms with van der Waals surface area (Å²) in [5.74, 6) is 1.20. The first kappa shape index (κ1) is 14.6. The molecule has 0 unspecified atom stereocenters. The number of likely N-dealkylation sites (tertiary alicyclic amines) is 1. The van der Waals surface area contributed by atoms with Crippen molar-refractivity contribution < 1.29 is 4.74 Å². The lowest BCUT2D eigenvalue weighted by atomic mass is 9.87. The summed E-state index contributed by atoms with van der Waals surface area (Å²) in [7, 11) is 2.14. The molecule has 22 heavy (non-hydrogen) atoms. The van der Waals surface area contributed by atoms with Gasteiger partial charge in [-0.1, -0.05) is 30.3 Å². The molecular formula is C19H20N2O. The van der Waals surface area contributed by atoms with Gasteiger partial charge >= 0.3 is 0 Å². The molecular weight excluding hydrogens is 272 g/mol. The largest absolute Gasteiger partial charge is 0.490 e. The Bertz CT molecular complexity index is 663. The van der Waals surface area contributed by atoms with Gasteiger partial charge in [-0.25, -0.2) is 0 Å². The van der Waals surface area contributed by atoms with E-state index in [4.69, 9.17) is 10.00 Å². The molecule has 0 saturated carbocycles. The number of nitriles is 1. The summed E-state index contributed by atoms with van der Waals surface area (Å²) in [6.07, 6.45) is 1.14. The Morgan fingerprint density at radius 1 is 1.14 bits per heavy atom. The van der Waals surface area contributed by atoms with E-state index >= 15 is 0 Å². The van der Waals surface area contributed by atoms with Gasteiger partial charge in [-0.05, 0) is 43.3 Å². The van der Waals surface area contributed by atoms with E-state index in [0.717, 1.165) is 25.3 Å². The number of hydrogen-bond donors (Lipinski definition) is 0. The van der Waals surface area contributed by atoms with Crippen molar-refractivity contribution in [2.24, 2.45) is 0 Å². The average molecular weight is 292 g/mol. The number of ether oxygens (including phenoxy) is 1. The van der Waals surface area contributed by atoms with Crippen LogP contribution in [-0.4, -0.2) is 31.1 Å². The summed E-state index contributed by atoms with van der Waals surface area (Å²) in [5, 5.41) is 9.12. The van der Waals surface area contributed by atoms with Crippen molar-refractivity contribution in [2.45, 2.75) is 18.4 Å². The maximum absolute atomic E-state index is 9.12. The predicted molar refractivity (Wildman–Crippen MR) is 86.9 cm³/mol. The molecule has 3 rings (SSSR count). The van der Waals surface area contributed by atoms with Crippen LogP contribution in [0.25, 0.3) is 0 Å². The lowest BCUT2D eigenvalue weighted by Crippen LogP contribution is -2.42.